The molecule has 0 spiro atoms. The third-order valence-electron chi connectivity index (χ3n) is 4.27. The Kier molecular flexibility index (Phi) is 5.97. The van der Waals surface area contributed by atoms with Gasteiger partial charge in [-0.3, -0.25) is 9.69 Å². The van der Waals surface area contributed by atoms with Gasteiger partial charge in [0, 0.05) is 24.7 Å². The molecule has 0 radical (unpaired) electrons. The number of ether oxygens (including phenoxy) is 1. The monoisotopic (exact) mass is 420 g/mol. The van der Waals surface area contributed by atoms with Crippen molar-refractivity contribution >= 4 is 35.6 Å². The SMILES string of the molecule is Cc1nn(-c2ccc(F)cc2)c(Cl)c1/C=C/C(=O)OC(C)C(=O)N1CCNC1=O. The Morgan fingerprint density at radius 1 is 1.34 bits per heavy atom. The molecule has 1 unspecified atom stereocenters. The van der Waals surface area contributed by atoms with Gasteiger partial charge in [0.05, 0.1) is 11.4 Å². The van der Waals surface area contributed by atoms with E-state index in [1.807, 2.05) is 0 Å². The van der Waals surface area contributed by atoms with E-state index in [1.165, 1.54) is 41.9 Å². The predicted octanol–water partition coefficient (Wildman–Crippen LogP) is 2.47. The highest BCUT2D eigenvalue weighted by Gasteiger charge is 2.31. The third kappa shape index (κ3) is 4.45. The lowest BCUT2D eigenvalue weighted by Crippen LogP contribution is -2.41. The van der Waals surface area contributed by atoms with E-state index in [0.29, 0.717) is 23.5 Å². The molecule has 3 amide bonds. The molecule has 152 valence electrons. The van der Waals surface area contributed by atoms with Crippen molar-refractivity contribution in [2.24, 2.45) is 0 Å². The van der Waals surface area contributed by atoms with Gasteiger partial charge in [-0.1, -0.05) is 11.6 Å². The quantitative estimate of drug-likeness (QED) is 0.592. The molecule has 2 heterocycles. The van der Waals surface area contributed by atoms with Crippen LogP contribution in [0.2, 0.25) is 5.15 Å². The topological polar surface area (TPSA) is 93.5 Å². The summed E-state index contributed by atoms with van der Waals surface area (Å²) in [5.41, 5.74) is 1.58. The lowest BCUT2D eigenvalue weighted by Gasteiger charge is -2.17. The first-order valence-electron chi connectivity index (χ1n) is 8.77. The summed E-state index contributed by atoms with van der Waals surface area (Å²) in [5, 5.41) is 7.03. The average molecular weight is 421 g/mol. The average Bonchev–Trinajstić information content (AvgIpc) is 3.23. The number of benzene rings is 1. The van der Waals surface area contributed by atoms with Crippen LogP contribution in [0.5, 0.6) is 0 Å². The van der Waals surface area contributed by atoms with Gasteiger partial charge in [0.25, 0.3) is 5.91 Å². The molecule has 1 atom stereocenters. The number of carbonyl (C=O) groups excluding carboxylic acids is 3. The Morgan fingerprint density at radius 2 is 2.03 bits per heavy atom. The van der Waals surface area contributed by atoms with Crippen LogP contribution < -0.4 is 5.32 Å². The number of aryl methyl sites for hydroxylation is 1. The molecule has 1 aromatic heterocycles. The maximum atomic E-state index is 13.1. The van der Waals surface area contributed by atoms with Crippen LogP contribution in [0.3, 0.4) is 0 Å². The Hall–Kier alpha value is -3.20. The summed E-state index contributed by atoms with van der Waals surface area (Å²) in [6, 6.07) is 5.11. The van der Waals surface area contributed by atoms with E-state index < -0.39 is 24.0 Å². The Morgan fingerprint density at radius 3 is 2.66 bits per heavy atom. The second-order valence-electron chi connectivity index (χ2n) is 6.31. The van der Waals surface area contributed by atoms with E-state index >= 15 is 0 Å². The number of aromatic nitrogens is 2. The second kappa shape index (κ2) is 8.44. The summed E-state index contributed by atoms with van der Waals surface area (Å²) in [7, 11) is 0. The summed E-state index contributed by atoms with van der Waals surface area (Å²) < 4.78 is 19.6. The number of hydrogen-bond acceptors (Lipinski definition) is 5. The normalized spacial score (nSPS) is 14.9. The fourth-order valence-corrected chi connectivity index (χ4v) is 3.11. The van der Waals surface area contributed by atoms with Crippen molar-refractivity contribution in [3.63, 3.8) is 0 Å². The van der Waals surface area contributed by atoms with Gasteiger partial charge in [-0.15, -0.1) is 0 Å². The van der Waals surface area contributed by atoms with Crippen LogP contribution in [0.25, 0.3) is 11.8 Å². The molecule has 1 N–H and O–H groups in total. The number of halogens is 2. The zero-order valence-corrected chi connectivity index (χ0v) is 16.4. The van der Waals surface area contributed by atoms with Crippen LogP contribution >= 0.6 is 11.6 Å². The van der Waals surface area contributed by atoms with Crippen molar-refractivity contribution in [1.82, 2.24) is 20.0 Å². The molecule has 1 aromatic carbocycles. The number of nitrogens with zero attached hydrogens (tertiary/aromatic N) is 3. The molecule has 1 fully saturated rings. The minimum absolute atomic E-state index is 0.229. The molecule has 8 nitrogen and oxygen atoms in total. The second-order valence-corrected chi connectivity index (χ2v) is 6.67. The number of urea groups is 1. The highest BCUT2D eigenvalue weighted by Crippen LogP contribution is 2.25. The molecule has 3 rings (SSSR count). The summed E-state index contributed by atoms with van der Waals surface area (Å²) in [4.78, 5) is 36.8. The Bertz CT molecular complexity index is 987. The van der Waals surface area contributed by atoms with Gasteiger partial charge in [-0.25, -0.2) is 18.7 Å². The summed E-state index contributed by atoms with van der Waals surface area (Å²) >= 11 is 6.34. The fraction of sp³-hybridized carbons (Fsp3) is 0.263. The summed E-state index contributed by atoms with van der Waals surface area (Å²) in [6.45, 7) is 3.69. The number of rotatable bonds is 5. The molecule has 1 saturated heterocycles. The van der Waals surface area contributed by atoms with E-state index in [1.54, 1.807) is 6.92 Å². The minimum atomic E-state index is -1.12. The van der Waals surface area contributed by atoms with Gasteiger partial charge in [-0.05, 0) is 44.2 Å². The molecule has 0 bridgehead atoms. The molecule has 1 aliphatic rings. The number of carbonyl (C=O) groups is 3. The first-order chi connectivity index (χ1) is 13.8. The van der Waals surface area contributed by atoms with E-state index in [0.717, 1.165) is 11.0 Å². The molecule has 0 saturated carbocycles. The van der Waals surface area contributed by atoms with Crippen LogP contribution in [0.15, 0.2) is 30.3 Å². The number of hydrogen-bond donors (Lipinski definition) is 1. The predicted molar refractivity (Wildman–Crippen MR) is 103 cm³/mol. The van der Waals surface area contributed by atoms with Crippen LogP contribution in [0.1, 0.15) is 18.2 Å². The van der Waals surface area contributed by atoms with Crippen molar-refractivity contribution in [3.8, 4) is 5.69 Å². The zero-order valence-electron chi connectivity index (χ0n) is 15.7. The number of amides is 3. The largest absolute Gasteiger partial charge is 0.449 e. The first kappa shape index (κ1) is 20.5. The lowest BCUT2D eigenvalue weighted by atomic mass is 10.2. The van der Waals surface area contributed by atoms with Crippen LogP contribution in [0, 0.1) is 12.7 Å². The molecule has 1 aliphatic heterocycles. The van der Waals surface area contributed by atoms with Crippen molar-refractivity contribution in [3.05, 3.63) is 52.6 Å². The maximum absolute atomic E-state index is 13.1. The van der Waals surface area contributed by atoms with E-state index in [4.69, 9.17) is 16.3 Å². The van der Waals surface area contributed by atoms with Gasteiger partial charge in [0.2, 0.25) is 0 Å². The fourth-order valence-electron chi connectivity index (χ4n) is 2.77. The van der Waals surface area contributed by atoms with E-state index in [-0.39, 0.29) is 17.5 Å². The molecule has 2 aromatic rings. The standard InChI is InChI=1S/C19H18ClFN4O4/c1-11-15(17(20)25(23-11)14-5-3-13(21)4-6-14)7-8-16(26)29-12(2)18(27)24-10-9-22-19(24)28/h3-8,12H,9-10H2,1-2H3,(H,22,28)/b8-7+. The highest BCUT2D eigenvalue weighted by molar-refractivity contribution is 6.31. The molecule has 0 aliphatic carbocycles. The molecule has 29 heavy (non-hydrogen) atoms. The summed E-state index contributed by atoms with van der Waals surface area (Å²) in [6.07, 6.45) is 1.43. The van der Waals surface area contributed by atoms with Crippen molar-refractivity contribution in [2.45, 2.75) is 20.0 Å². The van der Waals surface area contributed by atoms with Crippen LogP contribution in [-0.4, -0.2) is 51.8 Å². The minimum Gasteiger partial charge on any atom is -0.449 e. The number of imide groups is 1. The lowest BCUT2D eigenvalue weighted by molar-refractivity contribution is -0.153. The Labute approximate surface area is 170 Å². The van der Waals surface area contributed by atoms with E-state index in [9.17, 15) is 18.8 Å². The molecular formula is C19H18ClFN4O4. The van der Waals surface area contributed by atoms with Gasteiger partial charge < -0.3 is 10.1 Å². The number of esters is 1. The first-order valence-corrected chi connectivity index (χ1v) is 9.14. The number of nitrogens with one attached hydrogen (secondary N) is 1. The van der Waals surface area contributed by atoms with E-state index in [2.05, 4.69) is 10.4 Å². The van der Waals surface area contributed by atoms with Crippen molar-refractivity contribution in [1.29, 1.82) is 0 Å². The molecule has 10 heteroatoms. The zero-order chi connectivity index (χ0) is 21.1. The summed E-state index contributed by atoms with van der Waals surface area (Å²) in [5.74, 6) is -1.75. The third-order valence-corrected chi connectivity index (χ3v) is 4.63. The smallest absolute Gasteiger partial charge is 0.331 e. The van der Waals surface area contributed by atoms with Crippen molar-refractivity contribution < 1.29 is 23.5 Å². The highest BCUT2D eigenvalue weighted by atomic mass is 35.5. The molecular weight excluding hydrogens is 403 g/mol. The van der Waals surface area contributed by atoms with Gasteiger partial charge in [0.15, 0.2) is 6.10 Å². The van der Waals surface area contributed by atoms with Crippen LogP contribution in [0.4, 0.5) is 9.18 Å². The van der Waals surface area contributed by atoms with Gasteiger partial charge in [0.1, 0.15) is 11.0 Å². The maximum Gasteiger partial charge on any atom is 0.331 e. The van der Waals surface area contributed by atoms with Crippen LogP contribution in [-0.2, 0) is 14.3 Å². The van der Waals surface area contributed by atoms with Gasteiger partial charge >= 0.3 is 12.0 Å². The van der Waals surface area contributed by atoms with Crippen molar-refractivity contribution in [2.75, 3.05) is 13.1 Å². The van der Waals surface area contributed by atoms with Gasteiger partial charge in [-0.2, -0.15) is 5.10 Å². The Balaban J connectivity index is 1.69.